The summed E-state index contributed by atoms with van der Waals surface area (Å²) in [5, 5.41) is 5.06. The number of hydrogen-bond acceptors (Lipinski definition) is 3. The number of para-hydroxylation sites is 1. The average molecular weight is 330 g/mol. The third kappa shape index (κ3) is 4.48. The molecule has 2 heterocycles. The molecule has 0 radical (unpaired) electrons. The van der Waals surface area contributed by atoms with Crippen molar-refractivity contribution >= 4 is 17.4 Å². The van der Waals surface area contributed by atoms with Gasteiger partial charge in [-0.05, 0) is 42.3 Å². The number of carbonyl (C=O) groups is 1. The molecule has 1 aliphatic rings. The number of carbonyl (C=O) groups excluding carboxylic acids is 1. The topological polar surface area (TPSA) is 41.6 Å². The van der Waals surface area contributed by atoms with Crippen molar-refractivity contribution in [3.05, 3.63) is 52.7 Å². The third-order valence-electron chi connectivity index (χ3n) is 4.12. The van der Waals surface area contributed by atoms with Crippen LogP contribution in [0, 0.1) is 0 Å². The highest BCUT2D eigenvalue weighted by Gasteiger charge is 2.23. The van der Waals surface area contributed by atoms with Gasteiger partial charge in [0.2, 0.25) is 0 Å². The molecule has 4 nitrogen and oxygen atoms in total. The fraction of sp³-hybridized carbons (Fsp3) is 0.389. The molecule has 122 valence electrons. The lowest BCUT2D eigenvalue weighted by molar-refractivity contribution is 0.179. The average Bonchev–Trinajstić information content (AvgIpc) is 3.14. The van der Waals surface area contributed by atoms with Crippen LogP contribution in [0.15, 0.2) is 47.8 Å². The fourth-order valence-corrected chi connectivity index (χ4v) is 3.75. The van der Waals surface area contributed by atoms with E-state index in [0.29, 0.717) is 19.1 Å². The van der Waals surface area contributed by atoms with E-state index in [-0.39, 0.29) is 6.03 Å². The highest BCUT2D eigenvalue weighted by molar-refractivity contribution is 7.10. The van der Waals surface area contributed by atoms with Crippen molar-refractivity contribution in [2.24, 2.45) is 0 Å². The zero-order valence-corrected chi connectivity index (χ0v) is 13.9. The number of urea groups is 1. The van der Waals surface area contributed by atoms with Gasteiger partial charge in [-0.1, -0.05) is 24.3 Å². The molecular formula is C18H22N2O2S. The standard InChI is InChI=1S/C18H22N2O2S/c21-18(19-10-13-22-16-5-2-1-3-6-16)20-11-8-15(9-12-20)17-7-4-14-23-17/h1-7,14-15H,8-13H2,(H,19,21). The van der Waals surface area contributed by atoms with Gasteiger partial charge in [0, 0.05) is 18.0 Å². The van der Waals surface area contributed by atoms with E-state index in [4.69, 9.17) is 4.74 Å². The normalized spacial score (nSPS) is 15.4. The second-order valence-electron chi connectivity index (χ2n) is 5.67. The quantitative estimate of drug-likeness (QED) is 0.849. The number of nitrogens with zero attached hydrogens (tertiary/aromatic N) is 1. The van der Waals surface area contributed by atoms with Crippen LogP contribution < -0.4 is 10.1 Å². The molecule has 1 N–H and O–H groups in total. The fourth-order valence-electron chi connectivity index (χ4n) is 2.85. The molecule has 1 aromatic carbocycles. The molecule has 3 rings (SSSR count). The van der Waals surface area contributed by atoms with E-state index < -0.39 is 0 Å². The summed E-state index contributed by atoms with van der Waals surface area (Å²) in [7, 11) is 0. The Bertz CT molecular complexity index is 593. The van der Waals surface area contributed by atoms with E-state index in [1.807, 2.05) is 46.6 Å². The number of rotatable bonds is 5. The number of thiophene rings is 1. The molecule has 1 aromatic heterocycles. The molecule has 5 heteroatoms. The molecule has 0 aliphatic carbocycles. The minimum Gasteiger partial charge on any atom is -0.492 e. The van der Waals surface area contributed by atoms with Crippen LogP contribution in [0.25, 0.3) is 0 Å². The van der Waals surface area contributed by atoms with Gasteiger partial charge in [0.25, 0.3) is 0 Å². The predicted molar refractivity (Wildman–Crippen MR) is 93.2 cm³/mol. The summed E-state index contributed by atoms with van der Waals surface area (Å²) in [5.41, 5.74) is 0. The minimum absolute atomic E-state index is 0.0197. The second kappa shape index (κ2) is 8.02. The van der Waals surface area contributed by atoms with Gasteiger partial charge in [0.05, 0.1) is 6.54 Å². The van der Waals surface area contributed by atoms with Crippen molar-refractivity contribution in [2.75, 3.05) is 26.2 Å². The first-order chi connectivity index (χ1) is 11.3. The number of piperidine rings is 1. The third-order valence-corrected chi connectivity index (χ3v) is 5.15. The molecule has 0 unspecified atom stereocenters. The van der Waals surface area contributed by atoms with Crippen LogP contribution in [0.5, 0.6) is 5.75 Å². The lowest BCUT2D eigenvalue weighted by Gasteiger charge is -2.31. The van der Waals surface area contributed by atoms with E-state index in [9.17, 15) is 4.79 Å². The van der Waals surface area contributed by atoms with Gasteiger partial charge in [-0.25, -0.2) is 4.79 Å². The van der Waals surface area contributed by atoms with Crippen molar-refractivity contribution in [1.29, 1.82) is 0 Å². The Balaban J connectivity index is 1.35. The second-order valence-corrected chi connectivity index (χ2v) is 6.65. The highest BCUT2D eigenvalue weighted by Crippen LogP contribution is 2.30. The molecule has 2 aromatic rings. The van der Waals surface area contributed by atoms with Crippen molar-refractivity contribution in [3.63, 3.8) is 0 Å². The Labute approximate surface area is 141 Å². The number of hydrogen-bond donors (Lipinski definition) is 1. The van der Waals surface area contributed by atoms with E-state index >= 15 is 0 Å². The number of amides is 2. The molecule has 1 saturated heterocycles. The summed E-state index contributed by atoms with van der Waals surface area (Å²) < 4.78 is 5.58. The number of ether oxygens (including phenoxy) is 1. The van der Waals surface area contributed by atoms with Crippen LogP contribution >= 0.6 is 11.3 Å². The van der Waals surface area contributed by atoms with Crippen molar-refractivity contribution in [2.45, 2.75) is 18.8 Å². The Hall–Kier alpha value is -2.01. The Morgan fingerprint density at radius 2 is 1.96 bits per heavy atom. The van der Waals surface area contributed by atoms with Gasteiger partial charge >= 0.3 is 6.03 Å². The molecule has 0 spiro atoms. The summed E-state index contributed by atoms with van der Waals surface area (Å²) in [4.78, 5) is 15.5. The molecular weight excluding hydrogens is 308 g/mol. The zero-order chi connectivity index (χ0) is 15.9. The summed E-state index contributed by atoms with van der Waals surface area (Å²) in [6, 6.07) is 14.0. The maximum atomic E-state index is 12.2. The van der Waals surface area contributed by atoms with Crippen LogP contribution in [-0.4, -0.2) is 37.2 Å². The van der Waals surface area contributed by atoms with Gasteiger partial charge < -0.3 is 15.0 Å². The number of nitrogens with one attached hydrogen (secondary N) is 1. The maximum Gasteiger partial charge on any atom is 0.317 e. The van der Waals surface area contributed by atoms with Gasteiger partial charge in [0.1, 0.15) is 12.4 Å². The summed E-state index contributed by atoms with van der Waals surface area (Å²) in [6.07, 6.45) is 2.10. The van der Waals surface area contributed by atoms with Crippen LogP contribution in [-0.2, 0) is 0 Å². The lowest BCUT2D eigenvalue weighted by Crippen LogP contribution is -2.45. The van der Waals surface area contributed by atoms with Gasteiger partial charge in [-0.3, -0.25) is 0 Å². The van der Waals surface area contributed by atoms with Crippen molar-refractivity contribution in [1.82, 2.24) is 10.2 Å². The Morgan fingerprint density at radius 1 is 1.17 bits per heavy atom. The number of benzene rings is 1. The number of likely N-dealkylation sites (tertiary alicyclic amines) is 1. The van der Waals surface area contributed by atoms with E-state index in [2.05, 4.69) is 22.8 Å². The molecule has 0 atom stereocenters. The highest BCUT2D eigenvalue weighted by atomic mass is 32.1. The summed E-state index contributed by atoms with van der Waals surface area (Å²) in [6.45, 7) is 2.67. The SMILES string of the molecule is O=C(NCCOc1ccccc1)N1CCC(c2cccs2)CC1. The summed E-state index contributed by atoms with van der Waals surface area (Å²) in [5.74, 6) is 1.44. The van der Waals surface area contributed by atoms with E-state index in [1.54, 1.807) is 0 Å². The monoisotopic (exact) mass is 330 g/mol. The van der Waals surface area contributed by atoms with Gasteiger partial charge in [0.15, 0.2) is 0 Å². The van der Waals surface area contributed by atoms with Crippen molar-refractivity contribution < 1.29 is 9.53 Å². The molecule has 2 amide bonds. The largest absolute Gasteiger partial charge is 0.492 e. The minimum atomic E-state index is 0.0197. The lowest BCUT2D eigenvalue weighted by atomic mass is 9.95. The van der Waals surface area contributed by atoms with Gasteiger partial charge in [-0.2, -0.15) is 0 Å². The van der Waals surface area contributed by atoms with Crippen LogP contribution in [0.1, 0.15) is 23.6 Å². The molecule has 23 heavy (non-hydrogen) atoms. The smallest absolute Gasteiger partial charge is 0.317 e. The van der Waals surface area contributed by atoms with E-state index in [1.165, 1.54) is 4.88 Å². The van der Waals surface area contributed by atoms with E-state index in [0.717, 1.165) is 31.7 Å². The molecule has 1 fully saturated rings. The van der Waals surface area contributed by atoms with Crippen LogP contribution in [0.4, 0.5) is 4.79 Å². The summed E-state index contributed by atoms with van der Waals surface area (Å²) >= 11 is 1.82. The Kier molecular flexibility index (Phi) is 5.53. The van der Waals surface area contributed by atoms with Gasteiger partial charge in [-0.15, -0.1) is 11.3 Å². The predicted octanol–water partition coefficient (Wildman–Crippen LogP) is 3.72. The van der Waals surface area contributed by atoms with Crippen LogP contribution in [0.2, 0.25) is 0 Å². The van der Waals surface area contributed by atoms with Crippen LogP contribution in [0.3, 0.4) is 0 Å². The molecule has 1 aliphatic heterocycles. The first-order valence-electron chi connectivity index (χ1n) is 8.07. The molecule has 0 saturated carbocycles. The van der Waals surface area contributed by atoms with Crippen molar-refractivity contribution in [3.8, 4) is 5.75 Å². The maximum absolute atomic E-state index is 12.2. The molecule has 0 bridgehead atoms. The first kappa shape index (κ1) is 15.9. The zero-order valence-electron chi connectivity index (χ0n) is 13.1. The Morgan fingerprint density at radius 3 is 2.65 bits per heavy atom. The first-order valence-corrected chi connectivity index (χ1v) is 8.95.